The van der Waals surface area contributed by atoms with E-state index in [1.807, 2.05) is 55.5 Å². The summed E-state index contributed by atoms with van der Waals surface area (Å²) in [5, 5.41) is 2.84. The molecular formula is C23H23FN2O3S. The molecule has 0 fully saturated rings. The SMILES string of the molecule is CCc1ccccc1NC(=O)C(Cc1ccccc1)NS(=O)(=O)c1ccc(F)cc1. The summed E-state index contributed by atoms with van der Waals surface area (Å²) in [5.74, 6) is -1.01. The van der Waals surface area contributed by atoms with Crippen molar-refractivity contribution in [3.63, 3.8) is 0 Å². The van der Waals surface area contributed by atoms with E-state index >= 15 is 0 Å². The van der Waals surface area contributed by atoms with E-state index in [1.165, 1.54) is 12.1 Å². The quantitative estimate of drug-likeness (QED) is 0.573. The van der Waals surface area contributed by atoms with Gasteiger partial charge in [0.25, 0.3) is 0 Å². The van der Waals surface area contributed by atoms with Crippen LogP contribution in [0.5, 0.6) is 0 Å². The summed E-state index contributed by atoms with van der Waals surface area (Å²) in [6.07, 6.45) is 0.891. The number of para-hydroxylation sites is 1. The summed E-state index contributed by atoms with van der Waals surface area (Å²) >= 11 is 0. The highest BCUT2D eigenvalue weighted by atomic mass is 32.2. The molecule has 0 saturated heterocycles. The van der Waals surface area contributed by atoms with E-state index in [0.717, 1.165) is 29.7 Å². The van der Waals surface area contributed by atoms with E-state index in [1.54, 1.807) is 6.07 Å². The molecule has 0 aromatic heterocycles. The van der Waals surface area contributed by atoms with E-state index in [2.05, 4.69) is 10.0 Å². The third-order valence-electron chi connectivity index (χ3n) is 4.68. The first-order chi connectivity index (χ1) is 14.4. The van der Waals surface area contributed by atoms with E-state index in [0.29, 0.717) is 5.69 Å². The van der Waals surface area contributed by atoms with Gasteiger partial charge >= 0.3 is 0 Å². The molecule has 0 spiro atoms. The molecule has 0 aliphatic carbocycles. The molecule has 1 amide bonds. The summed E-state index contributed by atoms with van der Waals surface area (Å²) in [6, 6.07) is 20.0. The number of nitrogens with one attached hydrogen (secondary N) is 2. The number of carbonyl (C=O) groups is 1. The monoisotopic (exact) mass is 426 g/mol. The fraction of sp³-hybridized carbons (Fsp3) is 0.174. The van der Waals surface area contributed by atoms with Crippen LogP contribution < -0.4 is 10.0 Å². The Hall–Kier alpha value is -3.03. The second-order valence-electron chi connectivity index (χ2n) is 6.82. The maximum atomic E-state index is 13.2. The Morgan fingerprint density at radius 3 is 2.23 bits per heavy atom. The molecule has 7 heteroatoms. The van der Waals surface area contributed by atoms with Crippen molar-refractivity contribution in [3.8, 4) is 0 Å². The first kappa shape index (κ1) is 21.7. The zero-order valence-electron chi connectivity index (χ0n) is 16.5. The number of benzene rings is 3. The molecule has 1 atom stereocenters. The Morgan fingerprint density at radius 2 is 1.57 bits per heavy atom. The molecule has 5 nitrogen and oxygen atoms in total. The Labute approximate surface area is 176 Å². The fourth-order valence-corrected chi connectivity index (χ4v) is 4.27. The number of halogens is 1. The highest BCUT2D eigenvalue weighted by Gasteiger charge is 2.26. The van der Waals surface area contributed by atoms with Crippen LogP contribution in [0.2, 0.25) is 0 Å². The molecule has 156 valence electrons. The van der Waals surface area contributed by atoms with Crippen molar-refractivity contribution in [1.29, 1.82) is 0 Å². The van der Waals surface area contributed by atoms with Gasteiger partial charge in [0.1, 0.15) is 11.9 Å². The Morgan fingerprint density at radius 1 is 0.933 bits per heavy atom. The number of sulfonamides is 1. The predicted octanol–water partition coefficient (Wildman–Crippen LogP) is 3.92. The van der Waals surface area contributed by atoms with Gasteiger partial charge in [-0.2, -0.15) is 4.72 Å². The van der Waals surface area contributed by atoms with Crippen LogP contribution in [0.4, 0.5) is 10.1 Å². The zero-order valence-corrected chi connectivity index (χ0v) is 17.3. The van der Waals surface area contributed by atoms with Crippen molar-refractivity contribution in [2.24, 2.45) is 0 Å². The minimum absolute atomic E-state index is 0.108. The van der Waals surface area contributed by atoms with Gasteiger partial charge in [-0.15, -0.1) is 0 Å². The molecule has 0 bridgehead atoms. The third kappa shape index (κ3) is 5.52. The lowest BCUT2D eigenvalue weighted by Crippen LogP contribution is -2.45. The second-order valence-corrected chi connectivity index (χ2v) is 8.53. The summed E-state index contributed by atoms with van der Waals surface area (Å²) < 4.78 is 41.3. The Bertz CT molecular complexity index is 1100. The van der Waals surface area contributed by atoms with Gasteiger partial charge in [-0.3, -0.25) is 4.79 Å². The van der Waals surface area contributed by atoms with Crippen LogP contribution in [0.25, 0.3) is 0 Å². The first-order valence-electron chi connectivity index (χ1n) is 9.59. The largest absolute Gasteiger partial charge is 0.324 e. The molecule has 0 saturated carbocycles. The lowest BCUT2D eigenvalue weighted by atomic mass is 10.1. The van der Waals surface area contributed by atoms with Crippen LogP contribution in [-0.4, -0.2) is 20.4 Å². The van der Waals surface area contributed by atoms with Gasteiger partial charge < -0.3 is 5.32 Å². The predicted molar refractivity (Wildman–Crippen MR) is 115 cm³/mol. The van der Waals surface area contributed by atoms with E-state index in [9.17, 15) is 17.6 Å². The summed E-state index contributed by atoms with van der Waals surface area (Å²) in [6.45, 7) is 1.98. The van der Waals surface area contributed by atoms with Crippen LogP contribution in [0, 0.1) is 5.82 Å². The van der Waals surface area contributed by atoms with Crippen molar-refractivity contribution in [2.75, 3.05) is 5.32 Å². The molecule has 0 radical (unpaired) electrons. The number of aryl methyl sites for hydroxylation is 1. The summed E-state index contributed by atoms with van der Waals surface area (Å²) in [5.41, 5.74) is 2.40. The van der Waals surface area contributed by atoms with Crippen molar-refractivity contribution in [2.45, 2.75) is 30.7 Å². The van der Waals surface area contributed by atoms with Gasteiger partial charge in [-0.05, 0) is 54.3 Å². The molecular weight excluding hydrogens is 403 g/mol. The van der Waals surface area contributed by atoms with Crippen molar-refractivity contribution in [3.05, 3.63) is 95.8 Å². The molecule has 0 aliphatic heterocycles. The lowest BCUT2D eigenvalue weighted by Gasteiger charge is -2.20. The molecule has 1 unspecified atom stereocenters. The minimum atomic E-state index is -4.03. The summed E-state index contributed by atoms with van der Waals surface area (Å²) in [7, 11) is -4.03. The van der Waals surface area contributed by atoms with Crippen LogP contribution in [0.1, 0.15) is 18.1 Å². The molecule has 0 heterocycles. The van der Waals surface area contributed by atoms with Gasteiger partial charge in [0.2, 0.25) is 15.9 Å². The van der Waals surface area contributed by atoms with Crippen LogP contribution >= 0.6 is 0 Å². The van der Waals surface area contributed by atoms with Gasteiger partial charge in [-0.1, -0.05) is 55.5 Å². The van der Waals surface area contributed by atoms with Gasteiger partial charge in [0.15, 0.2) is 0 Å². The number of carbonyl (C=O) groups excluding carboxylic acids is 1. The van der Waals surface area contributed by atoms with Gasteiger partial charge in [0, 0.05) is 5.69 Å². The normalized spacial score (nSPS) is 12.3. The minimum Gasteiger partial charge on any atom is -0.324 e. The molecule has 30 heavy (non-hydrogen) atoms. The molecule has 3 aromatic rings. The first-order valence-corrected chi connectivity index (χ1v) is 11.1. The molecule has 2 N–H and O–H groups in total. The highest BCUT2D eigenvalue weighted by molar-refractivity contribution is 7.89. The van der Waals surface area contributed by atoms with Crippen LogP contribution in [0.15, 0.2) is 83.8 Å². The maximum Gasteiger partial charge on any atom is 0.242 e. The Balaban J connectivity index is 1.88. The van der Waals surface area contributed by atoms with Crippen LogP contribution in [0.3, 0.4) is 0 Å². The fourth-order valence-electron chi connectivity index (χ4n) is 3.08. The average Bonchev–Trinajstić information content (AvgIpc) is 2.74. The standard InChI is InChI=1S/C23H23FN2O3S/c1-2-18-10-6-7-11-21(18)25-23(27)22(16-17-8-4-3-5-9-17)26-30(28,29)20-14-12-19(24)13-15-20/h3-15,22,26H,2,16H2,1H3,(H,25,27). The lowest BCUT2D eigenvalue weighted by molar-refractivity contribution is -0.117. The third-order valence-corrected chi connectivity index (χ3v) is 6.16. The van der Waals surface area contributed by atoms with Crippen LogP contribution in [-0.2, 0) is 27.7 Å². The molecule has 3 aromatic carbocycles. The number of hydrogen-bond acceptors (Lipinski definition) is 3. The second kappa shape index (κ2) is 9.65. The van der Waals surface area contributed by atoms with Crippen molar-refractivity contribution < 1.29 is 17.6 Å². The van der Waals surface area contributed by atoms with E-state index in [4.69, 9.17) is 0 Å². The number of anilines is 1. The van der Waals surface area contributed by atoms with E-state index < -0.39 is 27.8 Å². The van der Waals surface area contributed by atoms with Crippen molar-refractivity contribution >= 4 is 21.6 Å². The number of hydrogen-bond donors (Lipinski definition) is 2. The zero-order chi connectivity index (χ0) is 21.6. The summed E-state index contributed by atoms with van der Waals surface area (Å²) in [4.78, 5) is 12.9. The average molecular weight is 427 g/mol. The van der Waals surface area contributed by atoms with Crippen molar-refractivity contribution in [1.82, 2.24) is 4.72 Å². The number of amides is 1. The van der Waals surface area contributed by atoms with Gasteiger partial charge in [-0.25, -0.2) is 12.8 Å². The smallest absolute Gasteiger partial charge is 0.242 e. The molecule has 0 aliphatic rings. The van der Waals surface area contributed by atoms with Gasteiger partial charge in [0.05, 0.1) is 4.90 Å². The highest BCUT2D eigenvalue weighted by Crippen LogP contribution is 2.17. The molecule has 3 rings (SSSR count). The number of rotatable bonds is 8. The topological polar surface area (TPSA) is 75.3 Å². The maximum absolute atomic E-state index is 13.2. The Kier molecular flexibility index (Phi) is 6.97. The van der Waals surface area contributed by atoms with E-state index in [-0.39, 0.29) is 11.3 Å².